The molecule has 0 fully saturated rings. The molecule has 5 heteroatoms. The van der Waals surface area contributed by atoms with Gasteiger partial charge < -0.3 is 4.74 Å². The number of hydrogen-bond donors (Lipinski definition) is 0. The van der Waals surface area contributed by atoms with Crippen molar-refractivity contribution in [3.05, 3.63) is 29.3 Å². The fourth-order valence-corrected chi connectivity index (χ4v) is 3.96. The highest BCUT2D eigenvalue weighted by Gasteiger charge is 2.18. The molecule has 0 saturated heterocycles. The fourth-order valence-electron chi connectivity index (χ4n) is 1.45. The molecule has 90 valence electrons. The highest BCUT2D eigenvalue weighted by atomic mass is 79.9. The molecule has 0 aromatic heterocycles. The van der Waals surface area contributed by atoms with E-state index in [4.69, 9.17) is 4.74 Å². The van der Waals surface area contributed by atoms with Crippen LogP contribution in [0.15, 0.2) is 18.2 Å². The molecule has 0 aliphatic rings. The summed E-state index contributed by atoms with van der Waals surface area (Å²) in [6.07, 6.45) is 1.23. The molecule has 0 N–H and O–H groups in total. The van der Waals surface area contributed by atoms with E-state index in [9.17, 15) is 8.42 Å². The third-order valence-electron chi connectivity index (χ3n) is 2.17. The van der Waals surface area contributed by atoms with Crippen LogP contribution in [0.3, 0.4) is 0 Å². The molecule has 16 heavy (non-hydrogen) atoms. The molecule has 0 heterocycles. The van der Waals surface area contributed by atoms with Crippen molar-refractivity contribution in [1.29, 1.82) is 0 Å². The smallest absolute Gasteiger partial charge is 0.148 e. The minimum absolute atomic E-state index is 0.0623. The molecular weight excluding hydrogens is 292 g/mol. The number of methoxy groups -OCH3 is 1. The first-order chi connectivity index (χ1) is 7.33. The van der Waals surface area contributed by atoms with Crippen molar-refractivity contribution in [2.24, 2.45) is 0 Å². The minimum Gasteiger partial charge on any atom is -0.496 e. The number of ether oxygens (including phenoxy) is 1. The molecule has 0 radical (unpaired) electrons. The molecule has 0 spiro atoms. The number of alkyl halides is 1. The Morgan fingerprint density at radius 2 is 2.06 bits per heavy atom. The van der Waals surface area contributed by atoms with Crippen LogP contribution >= 0.6 is 15.9 Å². The van der Waals surface area contributed by atoms with Crippen LogP contribution in [0.2, 0.25) is 0 Å². The summed E-state index contributed by atoms with van der Waals surface area (Å²) in [5, 5.41) is 0. The standard InChI is InChI=1S/C11H15BrO3S/c1-8-4-5-11(15-2)9(6-8)10(12)7-16(3,13)14/h4-6,10H,7H2,1-3H3. The molecule has 0 aliphatic carbocycles. The zero-order valence-corrected chi connectivity index (χ0v) is 11.9. The van der Waals surface area contributed by atoms with Gasteiger partial charge in [-0.15, -0.1) is 0 Å². The molecule has 3 nitrogen and oxygen atoms in total. The molecular formula is C11H15BrO3S. The Morgan fingerprint density at radius 3 is 2.56 bits per heavy atom. The van der Waals surface area contributed by atoms with Crippen LogP contribution in [0.1, 0.15) is 16.0 Å². The van der Waals surface area contributed by atoms with E-state index in [0.717, 1.165) is 11.1 Å². The number of sulfone groups is 1. The van der Waals surface area contributed by atoms with E-state index in [-0.39, 0.29) is 10.6 Å². The Hall–Kier alpha value is -0.550. The summed E-state index contributed by atoms with van der Waals surface area (Å²) in [7, 11) is -1.43. The van der Waals surface area contributed by atoms with Gasteiger partial charge in [0.05, 0.1) is 17.7 Å². The van der Waals surface area contributed by atoms with E-state index in [0.29, 0.717) is 5.75 Å². The van der Waals surface area contributed by atoms with E-state index in [2.05, 4.69) is 15.9 Å². The lowest BCUT2D eigenvalue weighted by Crippen LogP contribution is -2.09. The highest BCUT2D eigenvalue weighted by molar-refractivity contribution is 9.09. The predicted octanol–water partition coefficient (Wildman–Crippen LogP) is 2.48. The third kappa shape index (κ3) is 3.79. The van der Waals surface area contributed by atoms with Gasteiger partial charge in [-0.05, 0) is 13.0 Å². The van der Waals surface area contributed by atoms with Gasteiger partial charge >= 0.3 is 0 Å². The van der Waals surface area contributed by atoms with E-state index >= 15 is 0 Å². The third-order valence-corrected chi connectivity index (χ3v) is 4.36. The minimum atomic E-state index is -3.01. The lowest BCUT2D eigenvalue weighted by atomic mass is 10.1. The zero-order valence-electron chi connectivity index (χ0n) is 9.53. The van der Waals surface area contributed by atoms with Crippen molar-refractivity contribution in [2.75, 3.05) is 19.1 Å². The molecule has 1 aromatic rings. The first kappa shape index (κ1) is 13.5. The van der Waals surface area contributed by atoms with E-state index in [1.807, 2.05) is 25.1 Å². The van der Waals surface area contributed by atoms with E-state index in [1.54, 1.807) is 7.11 Å². The maximum absolute atomic E-state index is 11.2. The Morgan fingerprint density at radius 1 is 1.44 bits per heavy atom. The molecule has 0 bridgehead atoms. The van der Waals surface area contributed by atoms with Crippen LogP contribution in [0, 0.1) is 6.92 Å². The van der Waals surface area contributed by atoms with Gasteiger partial charge in [-0.3, -0.25) is 0 Å². The number of hydrogen-bond acceptors (Lipinski definition) is 3. The lowest BCUT2D eigenvalue weighted by molar-refractivity contribution is 0.410. The average Bonchev–Trinajstić information content (AvgIpc) is 2.15. The molecule has 1 aromatic carbocycles. The fraction of sp³-hybridized carbons (Fsp3) is 0.455. The van der Waals surface area contributed by atoms with E-state index in [1.165, 1.54) is 6.26 Å². The molecule has 1 atom stereocenters. The molecule has 0 saturated carbocycles. The SMILES string of the molecule is COc1ccc(C)cc1C(Br)CS(C)(=O)=O. The van der Waals surface area contributed by atoms with Gasteiger partial charge in [-0.1, -0.05) is 33.6 Å². The molecule has 0 aliphatic heterocycles. The summed E-state index contributed by atoms with van der Waals surface area (Å²) in [6.45, 7) is 1.96. The van der Waals surface area contributed by atoms with Gasteiger partial charge in [-0.2, -0.15) is 0 Å². The zero-order chi connectivity index (χ0) is 12.3. The lowest BCUT2D eigenvalue weighted by Gasteiger charge is -2.14. The maximum atomic E-state index is 11.2. The van der Waals surface area contributed by atoms with Crippen LogP contribution in [0.5, 0.6) is 5.75 Å². The average molecular weight is 307 g/mol. The topological polar surface area (TPSA) is 43.4 Å². The number of rotatable bonds is 4. The molecule has 1 unspecified atom stereocenters. The van der Waals surface area contributed by atoms with Crippen molar-refractivity contribution in [2.45, 2.75) is 11.8 Å². The first-order valence-electron chi connectivity index (χ1n) is 4.80. The summed E-state index contributed by atoms with van der Waals surface area (Å²) < 4.78 is 27.7. The van der Waals surface area contributed by atoms with Gasteiger partial charge in [0.25, 0.3) is 0 Å². The summed E-state index contributed by atoms with van der Waals surface area (Å²) in [6, 6.07) is 5.72. The second-order valence-electron chi connectivity index (χ2n) is 3.81. The van der Waals surface area contributed by atoms with Crippen LogP contribution < -0.4 is 4.74 Å². The Bertz CT molecular complexity index is 468. The summed E-state index contributed by atoms with van der Waals surface area (Å²) in [5.41, 5.74) is 1.95. The van der Waals surface area contributed by atoms with Crippen LogP contribution in [-0.2, 0) is 9.84 Å². The van der Waals surface area contributed by atoms with Gasteiger partial charge in [0.15, 0.2) is 0 Å². The Labute approximate surface area is 105 Å². The molecule has 1 rings (SSSR count). The second kappa shape index (κ2) is 5.19. The number of aryl methyl sites for hydroxylation is 1. The van der Waals surface area contributed by atoms with Crippen LogP contribution in [0.25, 0.3) is 0 Å². The first-order valence-corrected chi connectivity index (χ1v) is 7.77. The van der Waals surface area contributed by atoms with Crippen molar-refractivity contribution in [3.63, 3.8) is 0 Å². The van der Waals surface area contributed by atoms with Gasteiger partial charge in [0.2, 0.25) is 0 Å². The predicted molar refractivity (Wildman–Crippen MR) is 69.1 cm³/mol. The van der Waals surface area contributed by atoms with Crippen LogP contribution in [0.4, 0.5) is 0 Å². The van der Waals surface area contributed by atoms with Gasteiger partial charge in [-0.25, -0.2) is 8.42 Å². The maximum Gasteiger partial charge on any atom is 0.148 e. The number of halogens is 1. The summed E-state index contributed by atoms with van der Waals surface area (Å²) in [4.78, 5) is -0.239. The Balaban J connectivity index is 3.06. The van der Waals surface area contributed by atoms with Crippen molar-refractivity contribution < 1.29 is 13.2 Å². The van der Waals surface area contributed by atoms with Gasteiger partial charge in [0, 0.05) is 11.8 Å². The van der Waals surface area contributed by atoms with Crippen molar-refractivity contribution in [1.82, 2.24) is 0 Å². The summed E-state index contributed by atoms with van der Waals surface area (Å²) >= 11 is 3.39. The van der Waals surface area contributed by atoms with E-state index < -0.39 is 9.84 Å². The normalized spacial score (nSPS) is 13.5. The monoisotopic (exact) mass is 306 g/mol. The van der Waals surface area contributed by atoms with Crippen molar-refractivity contribution >= 4 is 25.8 Å². The molecule has 0 amide bonds. The summed E-state index contributed by atoms with van der Waals surface area (Å²) in [5.74, 6) is 0.767. The highest BCUT2D eigenvalue weighted by Crippen LogP contribution is 2.32. The largest absolute Gasteiger partial charge is 0.496 e. The number of benzene rings is 1. The quantitative estimate of drug-likeness (QED) is 0.803. The second-order valence-corrected chi connectivity index (χ2v) is 7.10. The Kier molecular flexibility index (Phi) is 4.38. The van der Waals surface area contributed by atoms with Crippen LogP contribution in [-0.4, -0.2) is 27.5 Å². The van der Waals surface area contributed by atoms with Crippen molar-refractivity contribution in [3.8, 4) is 5.75 Å². The van der Waals surface area contributed by atoms with Gasteiger partial charge in [0.1, 0.15) is 15.6 Å².